The first kappa shape index (κ1) is 16.9. The smallest absolute Gasteiger partial charge is 0.308 e. The molecule has 0 aliphatic carbocycles. The van der Waals surface area contributed by atoms with E-state index in [-0.39, 0.29) is 5.69 Å². The van der Waals surface area contributed by atoms with E-state index in [9.17, 15) is 14.9 Å². The second-order valence-electron chi connectivity index (χ2n) is 4.93. The minimum atomic E-state index is -0.459. The molecule has 3 aromatic rings. The van der Waals surface area contributed by atoms with E-state index in [1.807, 2.05) is 0 Å². The highest BCUT2D eigenvalue weighted by molar-refractivity contribution is 7.14. The van der Waals surface area contributed by atoms with Gasteiger partial charge in [0.05, 0.1) is 10.6 Å². The second-order valence-corrected chi connectivity index (χ2v) is 6.22. The molecule has 0 saturated carbocycles. The predicted octanol–water partition coefficient (Wildman–Crippen LogP) is 5.02. The molecule has 0 atom stereocenters. The highest BCUT2D eigenvalue weighted by Gasteiger charge is 2.10. The summed E-state index contributed by atoms with van der Waals surface area (Å²) in [7, 11) is 0. The number of carbonyl (C=O) groups is 1. The fourth-order valence-corrected chi connectivity index (χ4v) is 2.85. The average Bonchev–Trinajstić information content (AvgIpc) is 3.05. The maximum absolute atomic E-state index is 12.0. The van der Waals surface area contributed by atoms with Crippen LogP contribution >= 0.6 is 22.9 Å². The number of anilines is 2. The highest BCUT2D eigenvalue weighted by atomic mass is 35.5. The van der Waals surface area contributed by atoms with E-state index < -0.39 is 11.0 Å². The first-order valence-electron chi connectivity index (χ1n) is 7.05. The molecule has 0 saturated heterocycles. The largest absolute Gasteiger partial charge is 0.325 e. The number of rotatable bonds is 4. The van der Waals surface area contributed by atoms with Crippen molar-refractivity contribution < 1.29 is 9.72 Å². The van der Waals surface area contributed by atoms with Crippen molar-refractivity contribution in [3.8, 4) is 11.3 Å². The third-order valence-electron chi connectivity index (χ3n) is 3.20. The summed E-state index contributed by atoms with van der Waals surface area (Å²) in [5.41, 5.74) is 1.98. The maximum Gasteiger partial charge on any atom is 0.325 e. The Morgan fingerprint density at radius 2 is 1.76 bits per heavy atom. The van der Waals surface area contributed by atoms with Crippen molar-refractivity contribution in [2.24, 2.45) is 0 Å². The van der Waals surface area contributed by atoms with Gasteiger partial charge in [-0.1, -0.05) is 11.6 Å². The highest BCUT2D eigenvalue weighted by Crippen LogP contribution is 2.26. The summed E-state index contributed by atoms with van der Waals surface area (Å²) in [6.07, 6.45) is 0. The van der Waals surface area contributed by atoms with E-state index in [1.165, 1.54) is 23.5 Å². The molecular formula is C16H11ClN4O3S. The number of hydrogen-bond acceptors (Lipinski definition) is 5. The minimum absolute atomic E-state index is 0.0136. The monoisotopic (exact) mass is 374 g/mol. The molecule has 0 fully saturated rings. The lowest BCUT2D eigenvalue weighted by molar-refractivity contribution is -0.384. The van der Waals surface area contributed by atoms with E-state index in [2.05, 4.69) is 15.6 Å². The molecule has 0 bridgehead atoms. The number of nitro benzene ring substituents is 1. The number of nitro groups is 1. The topological polar surface area (TPSA) is 97.2 Å². The number of thiazole rings is 1. The van der Waals surface area contributed by atoms with Gasteiger partial charge in [-0.15, -0.1) is 11.3 Å². The average molecular weight is 375 g/mol. The van der Waals surface area contributed by atoms with Crippen LogP contribution in [0.25, 0.3) is 11.3 Å². The molecular weight excluding hydrogens is 364 g/mol. The lowest BCUT2D eigenvalue weighted by Gasteiger charge is -2.05. The van der Waals surface area contributed by atoms with Crippen molar-refractivity contribution in [3.63, 3.8) is 0 Å². The molecule has 126 valence electrons. The van der Waals surface area contributed by atoms with Gasteiger partial charge in [0.25, 0.3) is 5.69 Å². The van der Waals surface area contributed by atoms with Crippen LogP contribution in [0.3, 0.4) is 0 Å². The van der Waals surface area contributed by atoms with Crippen molar-refractivity contribution in [3.05, 3.63) is 69.0 Å². The van der Waals surface area contributed by atoms with Crippen LogP contribution in [0, 0.1) is 10.1 Å². The standard InChI is InChI=1S/C16H11ClN4O3S/c17-11-3-5-12(6-4-11)18-15(22)20-16-19-14(9-25-16)10-1-7-13(8-2-10)21(23)24/h1-9H,(H2,18,19,20,22). The Balaban J connectivity index is 1.65. The number of benzene rings is 2. The Kier molecular flexibility index (Phi) is 4.92. The Hall–Kier alpha value is -2.97. The molecule has 0 spiro atoms. The summed E-state index contributed by atoms with van der Waals surface area (Å²) in [5.74, 6) is 0. The van der Waals surface area contributed by atoms with Crippen molar-refractivity contribution in [2.75, 3.05) is 10.6 Å². The second kappa shape index (κ2) is 7.29. The molecule has 0 aliphatic rings. The number of nitrogens with one attached hydrogen (secondary N) is 2. The zero-order valence-electron chi connectivity index (χ0n) is 12.6. The van der Waals surface area contributed by atoms with E-state index in [0.29, 0.717) is 21.5 Å². The number of carbonyl (C=O) groups excluding carboxylic acids is 1. The number of urea groups is 1. The molecule has 2 amide bonds. The molecule has 0 unspecified atom stereocenters. The molecule has 2 N–H and O–H groups in total. The molecule has 1 heterocycles. The van der Waals surface area contributed by atoms with Gasteiger partial charge in [0, 0.05) is 33.8 Å². The Morgan fingerprint density at radius 3 is 2.40 bits per heavy atom. The Morgan fingerprint density at radius 1 is 1.08 bits per heavy atom. The number of amides is 2. The zero-order valence-corrected chi connectivity index (χ0v) is 14.2. The first-order valence-corrected chi connectivity index (χ1v) is 8.31. The van der Waals surface area contributed by atoms with Crippen LogP contribution in [0.1, 0.15) is 0 Å². The van der Waals surface area contributed by atoms with Gasteiger partial charge in [0.2, 0.25) is 0 Å². The van der Waals surface area contributed by atoms with Gasteiger partial charge < -0.3 is 5.32 Å². The van der Waals surface area contributed by atoms with Gasteiger partial charge in [-0.05, 0) is 36.4 Å². The van der Waals surface area contributed by atoms with Gasteiger partial charge in [0.15, 0.2) is 5.13 Å². The van der Waals surface area contributed by atoms with Crippen LogP contribution in [-0.2, 0) is 0 Å². The van der Waals surface area contributed by atoms with Crippen molar-refractivity contribution in [2.45, 2.75) is 0 Å². The zero-order chi connectivity index (χ0) is 17.8. The molecule has 1 aromatic heterocycles. The van der Waals surface area contributed by atoms with Crippen LogP contribution in [0.2, 0.25) is 5.02 Å². The normalized spacial score (nSPS) is 10.3. The van der Waals surface area contributed by atoms with Gasteiger partial charge in [-0.3, -0.25) is 15.4 Å². The summed E-state index contributed by atoms with van der Waals surface area (Å²) in [5, 5.41) is 18.7. The van der Waals surface area contributed by atoms with E-state index in [1.54, 1.807) is 41.8 Å². The van der Waals surface area contributed by atoms with E-state index in [0.717, 1.165) is 5.56 Å². The summed E-state index contributed by atoms with van der Waals surface area (Å²) in [4.78, 5) is 26.5. The summed E-state index contributed by atoms with van der Waals surface area (Å²) in [6, 6.07) is 12.4. The van der Waals surface area contributed by atoms with Crippen LogP contribution in [0.15, 0.2) is 53.9 Å². The predicted molar refractivity (Wildman–Crippen MR) is 98.3 cm³/mol. The fourth-order valence-electron chi connectivity index (χ4n) is 2.01. The SMILES string of the molecule is O=C(Nc1ccc(Cl)cc1)Nc1nc(-c2ccc([N+](=O)[O-])cc2)cs1. The fraction of sp³-hybridized carbons (Fsp3) is 0. The van der Waals surface area contributed by atoms with E-state index >= 15 is 0 Å². The van der Waals surface area contributed by atoms with Crippen LogP contribution in [0.5, 0.6) is 0 Å². The third-order valence-corrected chi connectivity index (χ3v) is 4.21. The Labute approximate surface area is 151 Å². The van der Waals surface area contributed by atoms with Gasteiger partial charge in [-0.2, -0.15) is 0 Å². The van der Waals surface area contributed by atoms with Crippen LogP contribution < -0.4 is 10.6 Å². The number of nitrogens with zero attached hydrogens (tertiary/aromatic N) is 2. The molecule has 3 rings (SSSR count). The number of non-ortho nitro benzene ring substituents is 1. The van der Waals surface area contributed by atoms with E-state index in [4.69, 9.17) is 11.6 Å². The van der Waals surface area contributed by atoms with Crippen LogP contribution in [0.4, 0.5) is 21.3 Å². The minimum Gasteiger partial charge on any atom is -0.308 e. The first-order chi connectivity index (χ1) is 12.0. The van der Waals surface area contributed by atoms with Gasteiger partial charge >= 0.3 is 6.03 Å². The van der Waals surface area contributed by atoms with Crippen molar-refractivity contribution in [1.82, 2.24) is 4.98 Å². The lowest BCUT2D eigenvalue weighted by atomic mass is 10.1. The van der Waals surface area contributed by atoms with Crippen LogP contribution in [-0.4, -0.2) is 15.9 Å². The number of halogens is 1. The molecule has 0 aliphatic heterocycles. The third kappa shape index (κ3) is 4.31. The lowest BCUT2D eigenvalue weighted by Crippen LogP contribution is -2.19. The maximum atomic E-state index is 12.0. The Bertz CT molecular complexity index is 910. The molecule has 25 heavy (non-hydrogen) atoms. The molecule has 0 radical (unpaired) electrons. The number of aromatic nitrogens is 1. The molecule has 7 nitrogen and oxygen atoms in total. The summed E-state index contributed by atoms with van der Waals surface area (Å²) >= 11 is 7.05. The van der Waals surface area contributed by atoms with Crippen molar-refractivity contribution in [1.29, 1.82) is 0 Å². The van der Waals surface area contributed by atoms with Gasteiger partial charge in [-0.25, -0.2) is 9.78 Å². The quantitative estimate of drug-likeness (QED) is 0.495. The summed E-state index contributed by atoms with van der Waals surface area (Å²) < 4.78 is 0. The summed E-state index contributed by atoms with van der Waals surface area (Å²) in [6.45, 7) is 0. The van der Waals surface area contributed by atoms with Gasteiger partial charge in [0.1, 0.15) is 0 Å². The number of hydrogen-bond donors (Lipinski definition) is 2. The molecule has 9 heteroatoms. The molecule has 2 aromatic carbocycles. The van der Waals surface area contributed by atoms with Crippen molar-refractivity contribution >= 4 is 45.5 Å².